The fraction of sp³-hybridized carbons (Fsp3) is 0.412. The lowest BCUT2D eigenvalue weighted by molar-refractivity contribution is 0.0600. The summed E-state index contributed by atoms with van der Waals surface area (Å²) in [6.45, 7) is 0. The van der Waals surface area contributed by atoms with Crippen LogP contribution >= 0.6 is 0 Å². The van der Waals surface area contributed by atoms with Crippen LogP contribution in [0.1, 0.15) is 41.6 Å². The first-order valence-corrected chi connectivity index (χ1v) is 7.21. The van der Waals surface area contributed by atoms with E-state index < -0.39 is 0 Å². The third kappa shape index (κ3) is 4.18. The molecule has 112 valence electrons. The summed E-state index contributed by atoms with van der Waals surface area (Å²) in [6.07, 6.45) is 8.12. The third-order valence-electron chi connectivity index (χ3n) is 3.55. The lowest BCUT2D eigenvalue weighted by Gasteiger charge is -2.07. The van der Waals surface area contributed by atoms with Crippen LogP contribution in [-0.2, 0) is 9.47 Å². The molecule has 0 saturated heterocycles. The second-order valence-electron chi connectivity index (χ2n) is 4.98. The van der Waals surface area contributed by atoms with Gasteiger partial charge in [-0.15, -0.1) is 0 Å². The highest BCUT2D eigenvalue weighted by molar-refractivity contribution is 5.93. The lowest BCUT2D eigenvalue weighted by atomic mass is 10.0. The van der Waals surface area contributed by atoms with Crippen molar-refractivity contribution in [3.63, 3.8) is 0 Å². The van der Waals surface area contributed by atoms with Gasteiger partial charge in [0.2, 0.25) is 0 Å². The van der Waals surface area contributed by atoms with Crippen molar-refractivity contribution in [2.24, 2.45) is 4.99 Å². The molecule has 0 saturated carbocycles. The van der Waals surface area contributed by atoms with Crippen LogP contribution in [0, 0.1) is 0 Å². The zero-order chi connectivity index (χ0) is 15.1. The highest BCUT2D eigenvalue weighted by atomic mass is 16.5. The van der Waals surface area contributed by atoms with Crippen LogP contribution in [0.4, 0.5) is 0 Å². The molecule has 4 heteroatoms. The number of rotatable bonds is 3. The minimum atomic E-state index is -0.322. The van der Waals surface area contributed by atoms with Gasteiger partial charge in [0.1, 0.15) is 0 Å². The van der Waals surface area contributed by atoms with E-state index in [2.05, 4.69) is 4.99 Å². The Bertz CT molecular complexity index is 549. The summed E-state index contributed by atoms with van der Waals surface area (Å²) >= 11 is 0. The summed E-state index contributed by atoms with van der Waals surface area (Å²) < 4.78 is 10.1. The SMILES string of the molecule is COC(=O)c1ccccc1/C=C/C1CCCCC(OC)=N1. The molecule has 1 aliphatic rings. The zero-order valence-corrected chi connectivity index (χ0v) is 12.5. The maximum atomic E-state index is 11.7. The minimum absolute atomic E-state index is 0.105. The van der Waals surface area contributed by atoms with Crippen molar-refractivity contribution in [1.82, 2.24) is 0 Å². The van der Waals surface area contributed by atoms with Crippen molar-refractivity contribution < 1.29 is 14.3 Å². The van der Waals surface area contributed by atoms with E-state index in [1.54, 1.807) is 13.2 Å². The monoisotopic (exact) mass is 287 g/mol. The first-order valence-electron chi connectivity index (χ1n) is 7.21. The van der Waals surface area contributed by atoms with E-state index in [1.165, 1.54) is 7.11 Å². The number of carbonyl (C=O) groups excluding carboxylic acids is 1. The molecule has 0 aromatic heterocycles. The number of esters is 1. The molecule has 21 heavy (non-hydrogen) atoms. The summed E-state index contributed by atoms with van der Waals surface area (Å²) in [5.74, 6) is 0.487. The first kappa shape index (κ1) is 15.3. The molecule has 0 aliphatic carbocycles. The molecule has 0 radical (unpaired) electrons. The normalized spacial score (nSPS) is 19.0. The van der Waals surface area contributed by atoms with Gasteiger partial charge in [-0.1, -0.05) is 36.8 Å². The Kier molecular flexibility index (Phi) is 5.55. The van der Waals surface area contributed by atoms with Crippen molar-refractivity contribution in [2.45, 2.75) is 31.7 Å². The number of ether oxygens (including phenoxy) is 2. The highest BCUT2D eigenvalue weighted by Crippen LogP contribution is 2.18. The molecular formula is C17H21NO3. The molecule has 2 rings (SSSR count). The second-order valence-corrected chi connectivity index (χ2v) is 4.98. The summed E-state index contributed by atoms with van der Waals surface area (Å²) in [5, 5.41) is 0. The Morgan fingerprint density at radius 2 is 2.10 bits per heavy atom. The largest absolute Gasteiger partial charge is 0.484 e. The van der Waals surface area contributed by atoms with Gasteiger partial charge in [-0.3, -0.25) is 0 Å². The van der Waals surface area contributed by atoms with Crippen LogP contribution in [0.15, 0.2) is 35.3 Å². The third-order valence-corrected chi connectivity index (χ3v) is 3.55. The average molecular weight is 287 g/mol. The van der Waals surface area contributed by atoms with Crippen LogP contribution in [0.3, 0.4) is 0 Å². The number of hydrogen-bond donors (Lipinski definition) is 0. The molecule has 0 spiro atoms. The molecule has 1 heterocycles. The number of methoxy groups -OCH3 is 2. The Labute approximate surface area is 125 Å². The van der Waals surface area contributed by atoms with E-state index in [0.29, 0.717) is 5.56 Å². The van der Waals surface area contributed by atoms with Gasteiger partial charge in [0, 0.05) is 6.42 Å². The van der Waals surface area contributed by atoms with Crippen molar-refractivity contribution in [3.05, 3.63) is 41.5 Å². The molecule has 1 atom stereocenters. The van der Waals surface area contributed by atoms with E-state index in [0.717, 1.165) is 37.1 Å². The molecule has 1 unspecified atom stereocenters. The minimum Gasteiger partial charge on any atom is -0.484 e. The van der Waals surface area contributed by atoms with E-state index in [-0.39, 0.29) is 12.0 Å². The van der Waals surface area contributed by atoms with E-state index in [1.807, 2.05) is 30.4 Å². The Balaban J connectivity index is 2.19. The highest BCUT2D eigenvalue weighted by Gasteiger charge is 2.12. The van der Waals surface area contributed by atoms with E-state index >= 15 is 0 Å². The van der Waals surface area contributed by atoms with Gasteiger partial charge >= 0.3 is 5.97 Å². The van der Waals surface area contributed by atoms with Gasteiger partial charge in [-0.05, 0) is 24.5 Å². The zero-order valence-electron chi connectivity index (χ0n) is 12.5. The Morgan fingerprint density at radius 3 is 2.86 bits per heavy atom. The van der Waals surface area contributed by atoms with Crippen LogP contribution in [0.5, 0.6) is 0 Å². The topological polar surface area (TPSA) is 47.9 Å². The molecule has 0 N–H and O–H groups in total. The van der Waals surface area contributed by atoms with E-state index in [4.69, 9.17) is 9.47 Å². The predicted molar refractivity (Wildman–Crippen MR) is 83.5 cm³/mol. The molecule has 0 bridgehead atoms. The molecule has 4 nitrogen and oxygen atoms in total. The molecule has 1 aliphatic heterocycles. The van der Waals surface area contributed by atoms with Crippen molar-refractivity contribution in [3.8, 4) is 0 Å². The van der Waals surface area contributed by atoms with Gasteiger partial charge in [0.05, 0.1) is 25.8 Å². The van der Waals surface area contributed by atoms with Gasteiger partial charge in [0.15, 0.2) is 5.90 Å². The molecule has 1 aromatic carbocycles. The summed E-state index contributed by atoms with van der Waals surface area (Å²) in [6, 6.07) is 7.51. The maximum Gasteiger partial charge on any atom is 0.338 e. The van der Waals surface area contributed by atoms with Gasteiger partial charge in [0.25, 0.3) is 0 Å². The van der Waals surface area contributed by atoms with Crippen LogP contribution in [0.25, 0.3) is 6.08 Å². The summed E-state index contributed by atoms with van der Waals surface area (Å²) in [7, 11) is 3.06. The average Bonchev–Trinajstić information content (AvgIpc) is 2.77. The smallest absolute Gasteiger partial charge is 0.338 e. The standard InChI is InChI=1S/C17H21NO3/c1-20-16-10-6-4-8-14(18-16)12-11-13-7-3-5-9-15(13)17(19)21-2/h3,5,7,9,11-12,14H,4,6,8,10H2,1-2H3/b12-11+. The molecule has 0 fully saturated rings. The predicted octanol–water partition coefficient (Wildman–Crippen LogP) is 3.47. The molecular weight excluding hydrogens is 266 g/mol. The number of hydrogen-bond acceptors (Lipinski definition) is 4. The lowest BCUT2D eigenvalue weighted by Crippen LogP contribution is -2.06. The summed E-state index contributed by atoms with van der Waals surface area (Å²) in [4.78, 5) is 16.3. The second kappa shape index (κ2) is 7.62. The fourth-order valence-corrected chi connectivity index (χ4v) is 2.39. The summed E-state index contributed by atoms with van der Waals surface area (Å²) in [5.41, 5.74) is 1.42. The fourth-order valence-electron chi connectivity index (χ4n) is 2.39. The Hall–Kier alpha value is -2.10. The number of carbonyl (C=O) groups is 1. The van der Waals surface area contributed by atoms with E-state index in [9.17, 15) is 4.79 Å². The number of nitrogens with zero attached hydrogens (tertiary/aromatic N) is 1. The molecule has 0 amide bonds. The van der Waals surface area contributed by atoms with Gasteiger partial charge in [-0.25, -0.2) is 9.79 Å². The molecule has 1 aromatic rings. The number of benzene rings is 1. The van der Waals surface area contributed by atoms with Gasteiger partial charge in [-0.2, -0.15) is 0 Å². The van der Waals surface area contributed by atoms with Gasteiger partial charge < -0.3 is 9.47 Å². The van der Waals surface area contributed by atoms with Crippen LogP contribution in [0.2, 0.25) is 0 Å². The first-order chi connectivity index (χ1) is 10.2. The maximum absolute atomic E-state index is 11.7. The van der Waals surface area contributed by atoms with Crippen molar-refractivity contribution in [2.75, 3.05) is 14.2 Å². The van der Waals surface area contributed by atoms with Crippen LogP contribution < -0.4 is 0 Å². The van der Waals surface area contributed by atoms with Crippen molar-refractivity contribution >= 4 is 17.9 Å². The Morgan fingerprint density at radius 1 is 1.29 bits per heavy atom. The number of aliphatic imine (C=N–C) groups is 1. The van der Waals surface area contributed by atoms with Crippen molar-refractivity contribution in [1.29, 1.82) is 0 Å². The van der Waals surface area contributed by atoms with Crippen LogP contribution in [-0.4, -0.2) is 32.1 Å². The quantitative estimate of drug-likeness (QED) is 0.800.